The van der Waals surface area contributed by atoms with Crippen LogP contribution in [0.2, 0.25) is 0 Å². The maximum absolute atomic E-state index is 12.7. The summed E-state index contributed by atoms with van der Waals surface area (Å²) >= 11 is 0. The fourth-order valence-corrected chi connectivity index (χ4v) is 4.27. The molecular weight excluding hydrogens is 282 g/mol. The van der Waals surface area contributed by atoms with E-state index in [4.69, 9.17) is 0 Å². The van der Waals surface area contributed by atoms with Crippen molar-refractivity contribution in [2.45, 2.75) is 23.8 Å². The van der Waals surface area contributed by atoms with Gasteiger partial charge in [-0.15, -0.1) is 0 Å². The van der Waals surface area contributed by atoms with E-state index in [1.807, 2.05) is 0 Å². The number of aliphatic hydroxyl groups is 1. The highest BCUT2D eigenvalue weighted by molar-refractivity contribution is 7.89. The molecule has 0 bridgehead atoms. The molecule has 7 heteroatoms. The molecule has 0 aliphatic carbocycles. The molecule has 0 saturated carbocycles. The Morgan fingerprint density at radius 2 is 2.15 bits per heavy atom. The first-order valence-electron chi connectivity index (χ1n) is 6.32. The van der Waals surface area contributed by atoms with Crippen LogP contribution in [0.4, 0.5) is 0 Å². The van der Waals surface area contributed by atoms with Gasteiger partial charge in [-0.2, -0.15) is 4.31 Å². The molecule has 1 aromatic carbocycles. The molecule has 1 atom stereocenters. The molecule has 1 unspecified atom stereocenters. The van der Waals surface area contributed by atoms with Gasteiger partial charge in [0.2, 0.25) is 10.0 Å². The third kappa shape index (κ3) is 2.56. The van der Waals surface area contributed by atoms with E-state index >= 15 is 0 Å². The number of carbonyl (C=O) groups is 1. The Bertz CT molecular complexity index is 599. The molecular formula is C13H17NO5S. The van der Waals surface area contributed by atoms with Crippen molar-refractivity contribution in [1.29, 1.82) is 0 Å². The van der Waals surface area contributed by atoms with Crippen molar-refractivity contribution in [3.63, 3.8) is 0 Å². The van der Waals surface area contributed by atoms with Crippen molar-refractivity contribution >= 4 is 16.0 Å². The first-order valence-corrected chi connectivity index (χ1v) is 7.76. The van der Waals surface area contributed by atoms with E-state index in [2.05, 4.69) is 4.74 Å². The number of benzene rings is 1. The highest BCUT2D eigenvalue weighted by Gasteiger charge is 2.36. The number of hydrogen-bond donors (Lipinski definition) is 1. The number of methoxy groups -OCH3 is 1. The number of rotatable bonds is 4. The molecule has 1 aliphatic heterocycles. The molecule has 6 nitrogen and oxygen atoms in total. The highest BCUT2D eigenvalue weighted by atomic mass is 32.2. The van der Waals surface area contributed by atoms with Crippen molar-refractivity contribution in [2.24, 2.45) is 0 Å². The predicted octanol–water partition coefficient (Wildman–Crippen LogP) is 0.619. The average molecular weight is 299 g/mol. The summed E-state index contributed by atoms with van der Waals surface area (Å²) in [5.74, 6) is -0.691. The van der Waals surface area contributed by atoms with Gasteiger partial charge in [-0.1, -0.05) is 12.1 Å². The standard InChI is InChI=1S/C13H17NO5S/c1-19-13(16)11-6-2-3-7-12(11)20(17,18)14-8-4-5-10(14)9-15/h2-3,6-7,10,15H,4-5,8-9H2,1H3. The molecule has 20 heavy (non-hydrogen) atoms. The van der Waals surface area contributed by atoms with Gasteiger partial charge in [0.05, 0.1) is 24.2 Å². The van der Waals surface area contributed by atoms with Crippen LogP contribution in [0.1, 0.15) is 23.2 Å². The second kappa shape index (κ2) is 5.90. The SMILES string of the molecule is COC(=O)c1ccccc1S(=O)(=O)N1CCCC1CO. The highest BCUT2D eigenvalue weighted by Crippen LogP contribution is 2.28. The zero-order valence-electron chi connectivity index (χ0n) is 11.2. The van der Waals surface area contributed by atoms with Crippen molar-refractivity contribution < 1.29 is 23.1 Å². The lowest BCUT2D eigenvalue weighted by molar-refractivity contribution is 0.0596. The molecule has 0 amide bonds. The minimum atomic E-state index is -3.81. The second-order valence-electron chi connectivity index (χ2n) is 4.58. The summed E-state index contributed by atoms with van der Waals surface area (Å²) in [7, 11) is -2.61. The van der Waals surface area contributed by atoms with E-state index in [-0.39, 0.29) is 17.1 Å². The summed E-state index contributed by atoms with van der Waals surface area (Å²) < 4.78 is 31.2. The molecule has 1 aliphatic rings. The monoisotopic (exact) mass is 299 g/mol. The Kier molecular flexibility index (Phi) is 4.42. The summed E-state index contributed by atoms with van der Waals surface area (Å²) in [5.41, 5.74) is 0.0126. The van der Waals surface area contributed by atoms with Crippen LogP contribution < -0.4 is 0 Å². The van der Waals surface area contributed by atoms with E-state index in [1.54, 1.807) is 12.1 Å². The van der Waals surface area contributed by atoms with Gasteiger partial charge in [-0.25, -0.2) is 13.2 Å². The minimum Gasteiger partial charge on any atom is -0.465 e. The molecule has 0 radical (unpaired) electrons. The third-order valence-electron chi connectivity index (χ3n) is 3.41. The van der Waals surface area contributed by atoms with Crippen molar-refractivity contribution in [1.82, 2.24) is 4.31 Å². The molecule has 1 heterocycles. The first kappa shape index (κ1) is 15.0. The fraction of sp³-hybridized carbons (Fsp3) is 0.462. The van der Waals surface area contributed by atoms with Gasteiger partial charge in [-0.05, 0) is 25.0 Å². The molecule has 110 valence electrons. The fourth-order valence-electron chi connectivity index (χ4n) is 2.40. The number of hydrogen-bond acceptors (Lipinski definition) is 5. The summed E-state index contributed by atoms with van der Waals surface area (Å²) in [5, 5.41) is 9.27. The summed E-state index contributed by atoms with van der Waals surface area (Å²) in [6.07, 6.45) is 1.32. The van der Waals surface area contributed by atoms with E-state index in [0.717, 1.165) is 0 Å². The lowest BCUT2D eigenvalue weighted by Crippen LogP contribution is -2.38. The summed E-state index contributed by atoms with van der Waals surface area (Å²) in [6, 6.07) is 5.52. The zero-order chi connectivity index (χ0) is 14.8. The van der Waals surface area contributed by atoms with Crippen LogP contribution in [0.15, 0.2) is 29.2 Å². The number of aliphatic hydroxyl groups excluding tert-OH is 1. The molecule has 1 fully saturated rings. The quantitative estimate of drug-likeness (QED) is 0.824. The van der Waals surface area contributed by atoms with Crippen LogP contribution in [0.3, 0.4) is 0 Å². The van der Waals surface area contributed by atoms with Gasteiger partial charge < -0.3 is 9.84 Å². The van der Waals surface area contributed by atoms with Crippen molar-refractivity contribution in [3.8, 4) is 0 Å². The van der Waals surface area contributed by atoms with Crippen LogP contribution >= 0.6 is 0 Å². The first-order chi connectivity index (χ1) is 9.52. The number of esters is 1. The Hall–Kier alpha value is -1.44. The predicted molar refractivity (Wildman–Crippen MR) is 71.8 cm³/mol. The van der Waals surface area contributed by atoms with Crippen LogP contribution in [-0.2, 0) is 14.8 Å². The maximum atomic E-state index is 12.7. The third-order valence-corrected chi connectivity index (χ3v) is 5.42. The Morgan fingerprint density at radius 1 is 1.45 bits per heavy atom. The van der Waals surface area contributed by atoms with Gasteiger partial charge in [0, 0.05) is 12.6 Å². The average Bonchev–Trinajstić information content (AvgIpc) is 2.95. The Balaban J connectivity index is 2.47. The molecule has 2 rings (SSSR count). The normalized spacial score (nSPS) is 20.0. The molecule has 0 spiro atoms. The second-order valence-corrected chi connectivity index (χ2v) is 6.44. The van der Waals surface area contributed by atoms with Gasteiger partial charge >= 0.3 is 5.97 Å². The number of nitrogens with zero attached hydrogens (tertiary/aromatic N) is 1. The molecule has 1 saturated heterocycles. The lowest BCUT2D eigenvalue weighted by atomic mass is 10.2. The summed E-state index contributed by atoms with van der Waals surface area (Å²) in [6.45, 7) is 0.128. The van der Waals surface area contributed by atoms with E-state index < -0.39 is 22.0 Å². The van der Waals surface area contributed by atoms with Gasteiger partial charge in [0.15, 0.2) is 0 Å². The molecule has 1 N–H and O–H groups in total. The summed E-state index contributed by atoms with van der Waals surface area (Å²) in [4.78, 5) is 11.6. The Morgan fingerprint density at radius 3 is 2.80 bits per heavy atom. The van der Waals surface area contributed by atoms with E-state index in [9.17, 15) is 18.3 Å². The number of ether oxygens (including phenoxy) is 1. The molecule has 0 aromatic heterocycles. The van der Waals surface area contributed by atoms with Gasteiger partial charge in [0.25, 0.3) is 0 Å². The van der Waals surface area contributed by atoms with Crippen LogP contribution in [-0.4, -0.2) is 50.1 Å². The largest absolute Gasteiger partial charge is 0.465 e. The topological polar surface area (TPSA) is 83.9 Å². The zero-order valence-corrected chi connectivity index (χ0v) is 12.0. The Labute approximate surface area is 118 Å². The smallest absolute Gasteiger partial charge is 0.339 e. The van der Waals surface area contributed by atoms with Gasteiger partial charge in [0.1, 0.15) is 0 Å². The lowest BCUT2D eigenvalue weighted by Gasteiger charge is -2.23. The van der Waals surface area contributed by atoms with Crippen LogP contribution in [0.25, 0.3) is 0 Å². The van der Waals surface area contributed by atoms with Gasteiger partial charge in [-0.3, -0.25) is 0 Å². The minimum absolute atomic E-state index is 0.0126. The van der Waals surface area contributed by atoms with Crippen LogP contribution in [0, 0.1) is 0 Å². The maximum Gasteiger partial charge on any atom is 0.339 e. The van der Waals surface area contributed by atoms with Crippen molar-refractivity contribution in [2.75, 3.05) is 20.3 Å². The van der Waals surface area contributed by atoms with Crippen LogP contribution in [0.5, 0.6) is 0 Å². The van der Waals surface area contributed by atoms with E-state index in [0.29, 0.717) is 19.4 Å². The number of carbonyl (C=O) groups excluding carboxylic acids is 1. The number of sulfonamides is 1. The molecule has 1 aromatic rings. The van der Waals surface area contributed by atoms with E-state index in [1.165, 1.54) is 23.5 Å². The van der Waals surface area contributed by atoms with Crippen molar-refractivity contribution in [3.05, 3.63) is 29.8 Å².